The molecule has 1 N–H and O–H groups in total. The van der Waals surface area contributed by atoms with Gasteiger partial charge in [-0.3, -0.25) is 19.5 Å². The maximum Gasteiger partial charge on any atom is 0.244 e. The molecule has 1 amide bonds. The molecule has 4 heterocycles. The van der Waals surface area contributed by atoms with Crippen LogP contribution in [0.5, 0.6) is 0 Å². The minimum atomic E-state index is -0.00956. The number of nitrogens with one attached hydrogen (secondary N) is 1. The predicted molar refractivity (Wildman–Crippen MR) is 90.7 cm³/mol. The molecule has 2 atom stereocenters. The number of nitrogens with zero attached hydrogens (tertiary/aromatic N) is 5. The van der Waals surface area contributed by atoms with Crippen molar-refractivity contribution >= 4 is 11.6 Å². The zero-order valence-electron chi connectivity index (χ0n) is 14.1. The molecule has 2 aliphatic rings. The Hall–Kier alpha value is -2.15. The van der Waals surface area contributed by atoms with Gasteiger partial charge in [-0.15, -0.1) is 0 Å². The number of aryl methyl sites for hydroxylation is 1. The molecule has 0 radical (unpaired) electrons. The third-order valence-electron chi connectivity index (χ3n) is 5.27. The summed E-state index contributed by atoms with van der Waals surface area (Å²) < 4.78 is 1.75. The summed E-state index contributed by atoms with van der Waals surface area (Å²) in [5.74, 6) is 0.669. The number of aromatic amines is 1. The van der Waals surface area contributed by atoms with Gasteiger partial charge in [0.15, 0.2) is 0 Å². The molecular formula is C17H24N6O. The summed E-state index contributed by atoms with van der Waals surface area (Å²) in [4.78, 5) is 17.3. The SMILES string of the molecule is Cn1cc(N2CCC[C@@H](N3CCC[C@H](c4ccn[nH]4)C3)C2=O)cn1. The Morgan fingerprint density at radius 2 is 2.12 bits per heavy atom. The molecule has 24 heavy (non-hydrogen) atoms. The van der Waals surface area contributed by atoms with E-state index in [1.54, 1.807) is 10.9 Å². The molecule has 0 saturated carbocycles. The lowest BCUT2D eigenvalue weighted by Crippen LogP contribution is -2.54. The molecule has 0 spiro atoms. The minimum Gasteiger partial charge on any atom is -0.308 e. The van der Waals surface area contributed by atoms with Gasteiger partial charge >= 0.3 is 0 Å². The lowest BCUT2D eigenvalue weighted by molar-refractivity contribution is -0.125. The molecule has 2 saturated heterocycles. The minimum absolute atomic E-state index is 0.00956. The fourth-order valence-electron chi connectivity index (χ4n) is 4.04. The zero-order valence-corrected chi connectivity index (χ0v) is 14.1. The first-order valence-corrected chi connectivity index (χ1v) is 8.76. The van der Waals surface area contributed by atoms with E-state index in [2.05, 4.69) is 26.3 Å². The summed E-state index contributed by atoms with van der Waals surface area (Å²) in [7, 11) is 1.88. The van der Waals surface area contributed by atoms with E-state index in [4.69, 9.17) is 0 Å². The number of aromatic nitrogens is 4. The fraction of sp³-hybridized carbons (Fsp3) is 0.588. The average molecular weight is 328 g/mol. The van der Waals surface area contributed by atoms with Crippen molar-refractivity contribution in [3.8, 4) is 0 Å². The van der Waals surface area contributed by atoms with Gasteiger partial charge in [-0.05, 0) is 38.3 Å². The standard InChI is InChI=1S/C17H24N6O/c1-21-12-14(10-19-21)23-9-3-5-16(17(23)24)22-8-2-4-13(11-22)15-6-7-18-20-15/h6-7,10,12-13,16H,2-5,8-9,11H2,1H3,(H,18,20)/t13-,16+/m0/s1. The highest BCUT2D eigenvalue weighted by Gasteiger charge is 2.36. The number of hydrogen-bond acceptors (Lipinski definition) is 4. The van der Waals surface area contributed by atoms with E-state index in [-0.39, 0.29) is 11.9 Å². The summed E-state index contributed by atoms with van der Waals surface area (Å²) >= 11 is 0. The first kappa shape index (κ1) is 15.4. The number of anilines is 1. The maximum atomic E-state index is 13.1. The highest BCUT2D eigenvalue weighted by atomic mass is 16.2. The Morgan fingerprint density at radius 1 is 1.25 bits per heavy atom. The Balaban J connectivity index is 1.49. The lowest BCUT2D eigenvalue weighted by Gasteiger charge is -2.41. The number of H-pyrrole nitrogens is 1. The van der Waals surface area contributed by atoms with Crippen molar-refractivity contribution in [1.82, 2.24) is 24.9 Å². The van der Waals surface area contributed by atoms with Crippen LogP contribution in [0.25, 0.3) is 0 Å². The second-order valence-corrected chi connectivity index (χ2v) is 6.87. The number of carbonyl (C=O) groups is 1. The highest BCUT2D eigenvalue weighted by molar-refractivity contribution is 5.97. The third kappa shape index (κ3) is 2.84. The van der Waals surface area contributed by atoms with Gasteiger partial charge < -0.3 is 4.90 Å². The molecule has 7 heteroatoms. The Kier molecular flexibility index (Phi) is 4.10. The molecule has 128 valence electrons. The van der Waals surface area contributed by atoms with Crippen molar-refractivity contribution in [3.63, 3.8) is 0 Å². The van der Waals surface area contributed by atoms with Crippen LogP contribution < -0.4 is 4.90 Å². The summed E-state index contributed by atoms with van der Waals surface area (Å²) in [5, 5.41) is 11.4. The van der Waals surface area contributed by atoms with E-state index in [0.29, 0.717) is 5.92 Å². The largest absolute Gasteiger partial charge is 0.308 e. The van der Waals surface area contributed by atoms with Gasteiger partial charge in [-0.25, -0.2) is 0 Å². The number of piperidine rings is 2. The fourth-order valence-corrected chi connectivity index (χ4v) is 4.04. The van der Waals surface area contributed by atoms with Crippen molar-refractivity contribution in [2.45, 2.75) is 37.6 Å². The van der Waals surface area contributed by atoms with Crippen LogP contribution in [-0.4, -0.2) is 56.5 Å². The zero-order chi connectivity index (χ0) is 16.5. The number of hydrogen-bond donors (Lipinski definition) is 1. The molecule has 0 aliphatic carbocycles. The average Bonchev–Trinajstić information content (AvgIpc) is 3.27. The van der Waals surface area contributed by atoms with Crippen LogP contribution in [0.4, 0.5) is 5.69 Å². The number of amides is 1. The van der Waals surface area contributed by atoms with E-state index in [1.165, 1.54) is 5.69 Å². The molecule has 4 rings (SSSR count). The molecule has 2 aliphatic heterocycles. The first-order chi connectivity index (χ1) is 11.7. The van der Waals surface area contributed by atoms with Crippen LogP contribution in [-0.2, 0) is 11.8 Å². The Labute approximate surface area is 141 Å². The van der Waals surface area contributed by atoms with Crippen LogP contribution in [0.1, 0.15) is 37.3 Å². The Bertz CT molecular complexity index is 694. The Morgan fingerprint density at radius 3 is 2.88 bits per heavy atom. The third-order valence-corrected chi connectivity index (χ3v) is 5.27. The second-order valence-electron chi connectivity index (χ2n) is 6.87. The van der Waals surface area contributed by atoms with Crippen LogP contribution in [0.15, 0.2) is 24.7 Å². The normalized spacial score (nSPS) is 26.0. The molecule has 7 nitrogen and oxygen atoms in total. The van der Waals surface area contributed by atoms with E-state index < -0.39 is 0 Å². The lowest BCUT2D eigenvalue weighted by atomic mass is 9.92. The monoisotopic (exact) mass is 328 g/mol. The van der Waals surface area contributed by atoms with E-state index >= 15 is 0 Å². The van der Waals surface area contributed by atoms with Gasteiger partial charge in [-0.2, -0.15) is 10.2 Å². The van der Waals surface area contributed by atoms with E-state index in [9.17, 15) is 4.79 Å². The first-order valence-electron chi connectivity index (χ1n) is 8.76. The molecule has 2 fully saturated rings. The van der Waals surface area contributed by atoms with Gasteiger partial charge in [0.1, 0.15) is 0 Å². The molecule has 0 bridgehead atoms. The molecule has 2 aromatic heterocycles. The van der Waals surface area contributed by atoms with E-state index in [1.807, 2.05) is 24.3 Å². The smallest absolute Gasteiger partial charge is 0.244 e. The van der Waals surface area contributed by atoms with Crippen LogP contribution in [0.3, 0.4) is 0 Å². The van der Waals surface area contributed by atoms with Crippen LogP contribution >= 0.6 is 0 Å². The predicted octanol–water partition coefficient (Wildman–Crippen LogP) is 1.52. The van der Waals surface area contributed by atoms with Gasteiger partial charge in [0.05, 0.1) is 17.9 Å². The van der Waals surface area contributed by atoms with Gasteiger partial charge in [-0.1, -0.05) is 0 Å². The van der Waals surface area contributed by atoms with Crippen molar-refractivity contribution < 1.29 is 4.79 Å². The van der Waals surface area contributed by atoms with Gasteiger partial charge in [0.2, 0.25) is 5.91 Å². The summed E-state index contributed by atoms with van der Waals surface area (Å²) in [5.41, 5.74) is 2.10. The summed E-state index contributed by atoms with van der Waals surface area (Å²) in [6.45, 7) is 2.72. The molecule has 0 unspecified atom stereocenters. The van der Waals surface area contributed by atoms with Crippen molar-refractivity contribution in [2.75, 3.05) is 24.5 Å². The maximum absolute atomic E-state index is 13.1. The highest BCUT2D eigenvalue weighted by Crippen LogP contribution is 2.30. The topological polar surface area (TPSA) is 70.1 Å². The van der Waals surface area contributed by atoms with Crippen LogP contribution in [0, 0.1) is 0 Å². The van der Waals surface area contributed by atoms with Crippen molar-refractivity contribution in [2.24, 2.45) is 7.05 Å². The second kappa shape index (κ2) is 6.39. The number of likely N-dealkylation sites (tertiary alicyclic amines) is 1. The van der Waals surface area contributed by atoms with E-state index in [0.717, 1.165) is 51.0 Å². The number of carbonyl (C=O) groups excluding carboxylic acids is 1. The number of rotatable bonds is 3. The summed E-state index contributed by atoms with van der Waals surface area (Å²) in [6.07, 6.45) is 9.78. The quantitative estimate of drug-likeness (QED) is 0.927. The van der Waals surface area contributed by atoms with Crippen LogP contribution in [0.2, 0.25) is 0 Å². The van der Waals surface area contributed by atoms with Gasteiger partial charge in [0.25, 0.3) is 0 Å². The molecular weight excluding hydrogens is 304 g/mol. The van der Waals surface area contributed by atoms with Crippen molar-refractivity contribution in [1.29, 1.82) is 0 Å². The van der Waals surface area contributed by atoms with Crippen molar-refractivity contribution in [3.05, 3.63) is 30.4 Å². The van der Waals surface area contributed by atoms with Gasteiger partial charge in [0, 0.05) is 44.1 Å². The summed E-state index contributed by atoms with van der Waals surface area (Å²) in [6, 6.07) is 2.04. The molecule has 2 aromatic rings. The molecule has 0 aromatic carbocycles.